The lowest BCUT2D eigenvalue weighted by Crippen LogP contribution is -2.65. The molecule has 7 nitrogen and oxygen atoms in total. The van der Waals surface area contributed by atoms with E-state index in [1.165, 1.54) is 4.90 Å². The average Bonchev–Trinajstić information content (AvgIpc) is 2.90. The molecule has 2 aliphatic rings. The third-order valence-corrected chi connectivity index (χ3v) is 5.41. The Kier molecular flexibility index (Phi) is 3.92. The Hall–Kier alpha value is -2.12. The number of halogens is 1. The summed E-state index contributed by atoms with van der Waals surface area (Å²) in [5.74, 6) is 0.0336. The summed E-state index contributed by atoms with van der Waals surface area (Å²) in [6.07, 6.45) is 0. The molecule has 0 unspecified atom stereocenters. The lowest BCUT2D eigenvalue weighted by molar-refractivity contribution is -0.158. The predicted molar refractivity (Wildman–Crippen MR) is 94.1 cm³/mol. The van der Waals surface area contributed by atoms with Crippen molar-refractivity contribution in [2.75, 3.05) is 33.2 Å². The molecule has 2 aliphatic heterocycles. The fourth-order valence-corrected chi connectivity index (χ4v) is 4.07. The monoisotopic (exact) mass is 361 g/mol. The molecule has 2 amide bonds. The SMILES string of the molecule is CN1CC(=O)N2CCN(Cc3nn(C)c4cccc(Cl)c34)C[C@@H]2C1=O. The molecule has 1 aromatic carbocycles. The van der Waals surface area contributed by atoms with Gasteiger partial charge in [-0.15, -0.1) is 0 Å². The first-order valence-corrected chi connectivity index (χ1v) is 8.70. The summed E-state index contributed by atoms with van der Waals surface area (Å²) in [7, 11) is 3.58. The van der Waals surface area contributed by atoms with E-state index in [0.29, 0.717) is 24.7 Å². The topological polar surface area (TPSA) is 61.7 Å². The van der Waals surface area contributed by atoms with Crippen LogP contribution in [0.2, 0.25) is 5.02 Å². The first-order chi connectivity index (χ1) is 12.0. The van der Waals surface area contributed by atoms with Crippen molar-refractivity contribution in [2.24, 2.45) is 7.05 Å². The quantitative estimate of drug-likeness (QED) is 0.790. The highest BCUT2D eigenvalue weighted by molar-refractivity contribution is 6.35. The molecule has 8 heteroatoms. The van der Waals surface area contributed by atoms with Gasteiger partial charge in [0, 0.05) is 45.7 Å². The summed E-state index contributed by atoms with van der Waals surface area (Å²) < 4.78 is 1.83. The zero-order valence-electron chi connectivity index (χ0n) is 14.3. The molecule has 0 saturated carbocycles. The van der Waals surface area contributed by atoms with E-state index in [9.17, 15) is 9.59 Å². The van der Waals surface area contributed by atoms with Crippen LogP contribution in [0.25, 0.3) is 10.9 Å². The standard InChI is InChI=1S/C17H20ClN5O2/c1-20-10-15(24)23-7-6-22(9-14(23)17(20)25)8-12-16-11(18)4-3-5-13(16)21(2)19-12/h3-5,14H,6-10H2,1-2H3/t14-/m1/s1. The van der Waals surface area contributed by atoms with Crippen LogP contribution < -0.4 is 0 Å². The van der Waals surface area contributed by atoms with Gasteiger partial charge in [-0.3, -0.25) is 19.2 Å². The van der Waals surface area contributed by atoms with Crippen LogP contribution in [0, 0.1) is 0 Å². The fourth-order valence-electron chi connectivity index (χ4n) is 3.79. The Bertz CT molecular complexity index is 864. The van der Waals surface area contributed by atoms with Gasteiger partial charge >= 0.3 is 0 Å². The van der Waals surface area contributed by atoms with Crippen LogP contribution in [0.1, 0.15) is 5.69 Å². The number of aryl methyl sites for hydroxylation is 1. The number of fused-ring (bicyclic) bond motifs is 2. The maximum atomic E-state index is 12.4. The minimum absolute atomic E-state index is 0.00760. The molecule has 2 saturated heterocycles. The second kappa shape index (κ2) is 6.00. The van der Waals surface area contributed by atoms with E-state index in [1.54, 1.807) is 11.9 Å². The number of benzene rings is 1. The van der Waals surface area contributed by atoms with Gasteiger partial charge in [0.2, 0.25) is 11.8 Å². The second-order valence-electron chi connectivity index (χ2n) is 6.74. The zero-order valence-corrected chi connectivity index (χ0v) is 15.0. The van der Waals surface area contributed by atoms with Gasteiger partial charge in [-0.1, -0.05) is 17.7 Å². The van der Waals surface area contributed by atoms with Crippen molar-refractivity contribution >= 4 is 34.3 Å². The van der Waals surface area contributed by atoms with Crippen molar-refractivity contribution in [2.45, 2.75) is 12.6 Å². The lowest BCUT2D eigenvalue weighted by Gasteiger charge is -2.45. The normalized spacial score (nSPS) is 22.0. The Balaban J connectivity index is 1.59. The van der Waals surface area contributed by atoms with E-state index in [2.05, 4.69) is 10.00 Å². The van der Waals surface area contributed by atoms with Gasteiger partial charge < -0.3 is 9.80 Å². The molecular weight excluding hydrogens is 342 g/mol. The molecule has 0 radical (unpaired) electrons. The van der Waals surface area contributed by atoms with Crippen LogP contribution in [-0.2, 0) is 23.2 Å². The number of carbonyl (C=O) groups excluding carboxylic acids is 2. The number of rotatable bonds is 2. The van der Waals surface area contributed by atoms with Gasteiger partial charge in [0.1, 0.15) is 6.04 Å². The van der Waals surface area contributed by atoms with E-state index >= 15 is 0 Å². The molecule has 4 rings (SSSR count). The van der Waals surface area contributed by atoms with Crippen LogP contribution in [0.3, 0.4) is 0 Å². The Morgan fingerprint density at radius 3 is 2.84 bits per heavy atom. The lowest BCUT2D eigenvalue weighted by atomic mass is 10.1. The average molecular weight is 362 g/mol. The highest BCUT2D eigenvalue weighted by atomic mass is 35.5. The maximum absolute atomic E-state index is 12.4. The fraction of sp³-hybridized carbons (Fsp3) is 0.471. The maximum Gasteiger partial charge on any atom is 0.246 e. The van der Waals surface area contributed by atoms with Gasteiger partial charge in [0.25, 0.3) is 0 Å². The number of hydrogen-bond donors (Lipinski definition) is 0. The minimum atomic E-state index is -0.398. The molecule has 0 bridgehead atoms. The number of nitrogens with zero attached hydrogens (tertiary/aromatic N) is 5. The van der Waals surface area contributed by atoms with Gasteiger partial charge in [-0.05, 0) is 12.1 Å². The van der Waals surface area contributed by atoms with E-state index in [-0.39, 0.29) is 18.4 Å². The largest absolute Gasteiger partial charge is 0.335 e. The molecule has 25 heavy (non-hydrogen) atoms. The van der Waals surface area contributed by atoms with Crippen molar-refractivity contribution in [1.29, 1.82) is 0 Å². The Morgan fingerprint density at radius 2 is 2.04 bits per heavy atom. The number of piperazine rings is 2. The van der Waals surface area contributed by atoms with Gasteiger partial charge in [0.05, 0.1) is 22.8 Å². The highest BCUT2D eigenvalue weighted by Gasteiger charge is 2.41. The van der Waals surface area contributed by atoms with Crippen molar-refractivity contribution < 1.29 is 9.59 Å². The van der Waals surface area contributed by atoms with Crippen LogP contribution in [0.15, 0.2) is 18.2 Å². The molecule has 3 heterocycles. The third-order valence-electron chi connectivity index (χ3n) is 5.09. The second-order valence-corrected chi connectivity index (χ2v) is 7.14. The summed E-state index contributed by atoms with van der Waals surface area (Å²) in [6, 6.07) is 5.38. The predicted octanol–water partition coefficient (Wildman–Crippen LogP) is 0.712. The molecular formula is C17H20ClN5O2. The van der Waals surface area contributed by atoms with Gasteiger partial charge in [0.15, 0.2) is 0 Å². The van der Waals surface area contributed by atoms with E-state index in [4.69, 9.17) is 11.6 Å². The van der Waals surface area contributed by atoms with E-state index < -0.39 is 6.04 Å². The molecule has 2 aromatic rings. The van der Waals surface area contributed by atoms with Crippen molar-refractivity contribution in [3.8, 4) is 0 Å². The summed E-state index contributed by atoms with van der Waals surface area (Å²) in [5.41, 5.74) is 1.89. The number of likely N-dealkylation sites (N-methyl/N-ethyl adjacent to an activating group) is 1. The molecule has 0 aliphatic carbocycles. The molecule has 0 spiro atoms. The summed E-state index contributed by atoms with van der Waals surface area (Å²) >= 11 is 6.38. The van der Waals surface area contributed by atoms with Crippen molar-refractivity contribution in [1.82, 2.24) is 24.5 Å². The van der Waals surface area contributed by atoms with E-state index in [1.807, 2.05) is 29.9 Å². The number of amides is 2. The van der Waals surface area contributed by atoms with Crippen LogP contribution in [0.4, 0.5) is 0 Å². The number of carbonyl (C=O) groups is 2. The smallest absolute Gasteiger partial charge is 0.246 e. The van der Waals surface area contributed by atoms with Crippen molar-refractivity contribution in [3.63, 3.8) is 0 Å². The first kappa shape index (κ1) is 16.4. The zero-order chi connectivity index (χ0) is 17.7. The van der Waals surface area contributed by atoms with Gasteiger partial charge in [-0.2, -0.15) is 5.10 Å². The Morgan fingerprint density at radius 1 is 1.24 bits per heavy atom. The highest BCUT2D eigenvalue weighted by Crippen LogP contribution is 2.28. The van der Waals surface area contributed by atoms with Crippen LogP contribution in [-0.4, -0.2) is 75.6 Å². The van der Waals surface area contributed by atoms with E-state index in [0.717, 1.165) is 23.1 Å². The van der Waals surface area contributed by atoms with Crippen LogP contribution in [0.5, 0.6) is 0 Å². The van der Waals surface area contributed by atoms with Gasteiger partial charge in [-0.25, -0.2) is 0 Å². The summed E-state index contributed by atoms with van der Waals surface area (Å²) in [4.78, 5) is 30.0. The number of aromatic nitrogens is 2. The molecule has 2 fully saturated rings. The van der Waals surface area contributed by atoms with Crippen LogP contribution >= 0.6 is 11.6 Å². The molecule has 132 valence electrons. The molecule has 1 atom stereocenters. The Labute approximate surface area is 150 Å². The summed E-state index contributed by atoms with van der Waals surface area (Å²) in [6.45, 7) is 2.60. The molecule has 0 N–H and O–H groups in total. The summed E-state index contributed by atoms with van der Waals surface area (Å²) in [5, 5.41) is 6.25. The minimum Gasteiger partial charge on any atom is -0.335 e. The first-order valence-electron chi connectivity index (χ1n) is 8.32. The number of hydrogen-bond acceptors (Lipinski definition) is 4. The third kappa shape index (κ3) is 2.67. The molecule has 1 aromatic heterocycles. The van der Waals surface area contributed by atoms with Crippen molar-refractivity contribution in [3.05, 3.63) is 28.9 Å².